The Hall–Kier alpha value is -2.97. The summed E-state index contributed by atoms with van der Waals surface area (Å²) < 4.78 is 35.6. The van der Waals surface area contributed by atoms with Crippen molar-refractivity contribution in [1.82, 2.24) is 9.78 Å². The smallest absolute Gasteiger partial charge is 0.387 e. The number of nitrogens with zero attached hydrogens (tertiary/aromatic N) is 2. The monoisotopic (exact) mass is 353 g/mol. The molecular formula is C16H17F2N3O4. The molecule has 0 fully saturated rings. The third-order valence-corrected chi connectivity index (χ3v) is 3.58. The van der Waals surface area contributed by atoms with Gasteiger partial charge < -0.3 is 14.8 Å². The number of amides is 1. The minimum absolute atomic E-state index is 0.0728. The Morgan fingerprint density at radius 3 is 2.44 bits per heavy atom. The number of carbonyl (C=O) groups excluding carboxylic acids is 2. The molecule has 0 radical (unpaired) electrons. The molecule has 2 rings (SSSR count). The first-order valence-corrected chi connectivity index (χ1v) is 7.23. The van der Waals surface area contributed by atoms with Gasteiger partial charge in [0.05, 0.1) is 18.4 Å². The average Bonchev–Trinajstić information content (AvgIpc) is 2.79. The van der Waals surface area contributed by atoms with Crippen molar-refractivity contribution >= 4 is 17.4 Å². The van der Waals surface area contributed by atoms with Crippen molar-refractivity contribution in [2.24, 2.45) is 7.05 Å². The Kier molecular flexibility index (Phi) is 5.35. The maximum absolute atomic E-state index is 12.4. The van der Waals surface area contributed by atoms with Crippen LogP contribution in [0.25, 0.3) is 0 Å². The summed E-state index contributed by atoms with van der Waals surface area (Å²) in [6.45, 7) is 0.236. The number of ether oxygens (including phenoxy) is 2. The van der Waals surface area contributed by atoms with Crippen molar-refractivity contribution in [3.05, 3.63) is 35.2 Å². The number of aryl methyl sites for hydroxylation is 2. The zero-order valence-corrected chi connectivity index (χ0v) is 14.1. The fourth-order valence-electron chi connectivity index (χ4n) is 2.35. The Bertz CT molecular complexity index is 818. The number of halogens is 2. The summed E-state index contributed by atoms with van der Waals surface area (Å²) in [6.07, 6.45) is 0. The Balaban J connectivity index is 2.24. The first kappa shape index (κ1) is 18.4. The highest BCUT2D eigenvalue weighted by molar-refractivity contribution is 6.47. The summed E-state index contributed by atoms with van der Waals surface area (Å²) in [5.41, 5.74) is 1.30. The minimum Gasteiger partial charge on any atom is -0.493 e. The lowest BCUT2D eigenvalue weighted by Gasteiger charge is -2.12. The predicted molar refractivity (Wildman–Crippen MR) is 85.3 cm³/mol. The van der Waals surface area contributed by atoms with E-state index in [-0.39, 0.29) is 22.7 Å². The van der Waals surface area contributed by atoms with E-state index >= 15 is 0 Å². The molecule has 0 spiro atoms. The lowest BCUT2D eigenvalue weighted by molar-refractivity contribution is -0.112. The van der Waals surface area contributed by atoms with Gasteiger partial charge in [-0.3, -0.25) is 14.3 Å². The summed E-state index contributed by atoms with van der Waals surface area (Å²) in [5, 5.41) is 6.45. The number of aromatic nitrogens is 2. The number of Topliss-reactive ketones (excluding diaryl/α,β-unsaturated/α-hetero) is 1. The fraction of sp³-hybridized carbons (Fsp3) is 0.312. The standard InChI is InChI=1S/C16H17F2N3O4/c1-8-13(9(2)21(3)20-8)14(22)15(23)19-10-5-6-11(24-4)12(7-10)25-16(17)18/h5-7,16H,1-4H3,(H,19,23). The molecule has 1 aromatic heterocycles. The molecule has 25 heavy (non-hydrogen) atoms. The SMILES string of the molecule is COc1ccc(NC(=O)C(=O)c2c(C)nn(C)c2C)cc1OC(F)F. The van der Waals surface area contributed by atoms with Gasteiger partial charge in [0.2, 0.25) is 0 Å². The Morgan fingerprint density at radius 2 is 1.92 bits per heavy atom. The number of ketones is 1. The van der Waals surface area contributed by atoms with Gasteiger partial charge in [0, 0.05) is 24.5 Å². The van der Waals surface area contributed by atoms with Crippen LogP contribution in [0, 0.1) is 13.8 Å². The van der Waals surface area contributed by atoms with Gasteiger partial charge in [-0.2, -0.15) is 13.9 Å². The number of hydrogen-bond acceptors (Lipinski definition) is 5. The van der Waals surface area contributed by atoms with E-state index in [0.29, 0.717) is 11.4 Å². The summed E-state index contributed by atoms with van der Waals surface area (Å²) in [7, 11) is 2.96. The summed E-state index contributed by atoms with van der Waals surface area (Å²) >= 11 is 0. The molecule has 0 aliphatic heterocycles. The van der Waals surface area contributed by atoms with Crippen molar-refractivity contribution in [2.45, 2.75) is 20.5 Å². The third-order valence-electron chi connectivity index (χ3n) is 3.58. The maximum atomic E-state index is 12.4. The van der Waals surface area contributed by atoms with E-state index < -0.39 is 18.3 Å². The van der Waals surface area contributed by atoms with Crippen molar-refractivity contribution in [3.8, 4) is 11.5 Å². The molecule has 0 saturated carbocycles. The molecule has 0 atom stereocenters. The van der Waals surface area contributed by atoms with Gasteiger partial charge in [-0.15, -0.1) is 0 Å². The first-order valence-electron chi connectivity index (χ1n) is 7.23. The van der Waals surface area contributed by atoms with E-state index in [9.17, 15) is 18.4 Å². The quantitative estimate of drug-likeness (QED) is 0.637. The van der Waals surface area contributed by atoms with Crippen molar-refractivity contribution < 1.29 is 27.8 Å². The van der Waals surface area contributed by atoms with Gasteiger partial charge in [-0.1, -0.05) is 0 Å². The molecule has 2 aromatic rings. The number of rotatable bonds is 6. The van der Waals surface area contributed by atoms with Crippen molar-refractivity contribution in [3.63, 3.8) is 0 Å². The van der Waals surface area contributed by atoms with Crippen LogP contribution < -0.4 is 14.8 Å². The van der Waals surface area contributed by atoms with E-state index in [0.717, 1.165) is 6.07 Å². The van der Waals surface area contributed by atoms with Crippen molar-refractivity contribution in [1.29, 1.82) is 0 Å². The Morgan fingerprint density at radius 1 is 1.24 bits per heavy atom. The molecule has 1 N–H and O–H groups in total. The molecule has 1 aromatic carbocycles. The number of hydrogen-bond donors (Lipinski definition) is 1. The van der Waals surface area contributed by atoms with Gasteiger partial charge in [0.15, 0.2) is 11.5 Å². The van der Waals surface area contributed by atoms with Crippen LogP contribution in [0.5, 0.6) is 11.5 Å². The van der Waals surface area contributed by atoms with Gasteiger partial charge in [0.25, 0.3) is 11.7 Å². The second-order valence-electron chi connectivity index (χ2n) is 5.20. The fourth-order valence-corrected chi connectivity index (χ4v) is 2.35. The molecule has 0 saturated heterocycles. The first-order chi connectivity index (χ1) is 11.7. The lowest BCUT2D eigenvalue weighted by Crippen LogP contribution is -2.24. The van der Waals surface area contributed by atoms with Crippen LogP contribution in [0.2, 0.25) is 0 Å². The van der Waals surface area contributed by atoms with Crippen LogP contribution in [-0.4, -0.2) is 35.2 Å². The largest absolute Gasteiger partial charge is 0.493 e. The number of nitrogens with one attached hydrogen (secondary N) is 1. The highest BCUT2D eigenvalue weighted by Gasteiger charge is 2.24. The van der Waals surface area contributed by atoms with Crippen LogP contribution in [0.1, 0.15) is 21.7 Å². The van der Waals surface area contributed by atoms with Crippen LogP contribution >= 0.6 is 0 Å². The van der Waals surface area contributed by atoms with Gasteiger partial charge in [0.1, 0.15) is 0 Å². The lowest BCUT2D eigenvalue weighted by atomic mass is 10.1. The molecular weight excluding hydrogens is 336 g/mol. The van der Waals surface area contributed by atoms with E-state index in [4.69, 9.17) is 4.74 Å². The number of benzene rings is 1. The second-order valence-corrected chi connectivity index (χ2v) is 5.20. The molecule has 1 heterocycles. The van der Waals surface area contributed by atoms with E-state index in [1.165, 1.54) is 23.9 Å². The van der Waals surface area contributed by atoms with Crippen LogP contribution in [0.3, 0.4) is 0 Å². The maximum Gasteiger partial charge on any atom is 0.387 e. The molecule has 7 nitrogen and oxygen atoms in total. The third kappa shape index (κ3) is 3.93. The van der Waals surface area contributed by atoms with Gasteiger partial charge >= 0.3 is 6.61 Å². The number of methoxy groups -OCH3 is 1. The molecule has 0 unspecified atom stereocenters. The molecule has 9 heteroatoms. The molecule has 0 bridgehead atoms. The van der Waals surface area contributed by atoms with E-state index in [2.05, 4.69) is 15.2 Å². The zero-order valence-electron chi connectivity index (χ0n) is 14.1. The van der Waals surface area contributed by atoms with Crippen molar-refractivity contribution in [2.75, 3.05) is 12.4 Å². The normalized spacial score (nSPS) is 10.7. The molecule has 134 valence electrons. The van der Waals surface area contributed by atoms with Gasteiger partial charge in [-0.25, -0.2) is 0 Å². The molecule has 0 aliphatic rings. The Labute approximate surface area is 142 Å². The number of anilines is 1. The van der Waals surface area contributed by atoms with E-state index in [1.807, 2.05) is 0 Å². The summed E-state index contributed by atoms with van der Waals surface area (Å²) in [6, 6.07) is 3.91. The van der Waals surface area contributed by atoms with Crippen LogP contribution in [0.4, 0.5) is 14.5 Å². The topological polar surface area (TPSA) is 82.5 Å². The summed E-state index contributed by atoms with van der Waals surface area (Å²) in [5.74, 6) is -1.86. The van der Waals surface area contributed by atoms with Crippen LogP contribution in [0.15, 0.2) is 18.2 Å². The molecule has 0 aliphatic carbocycles. The number of carbonyl (C=O) groups is 2. The van der Waals surface area contributed by atoms with Crippen LogP contribution in [-0.2, 0) is 11.8 Å². The highest BCUT2D eigenvalue weighted by Crippen LogP contribution is 2.31. The zero-order chi connectivity index (χ0) is 18.7. The predicted octanol–water partition coefficient (Wildman–Crippen LogP) is 2.47. The number of alkyl halides is 2. The average molecular weight is 353 g/mol. The summed E-state index contributed by atoms with van der Waals surface area (Å²) in [4.78, 5) is 24.5. The highest BCUT2D eigenvalue weighted by atomic mass is 19.3. The minimum atomic E-state index is -3.05. The molecule has 1 amide bonds. The second kappa shape index (κ2) is 7.29. The van der Waals surface area contributed by atoms with Gasteiger partial charge in [-0.05, 0) is 26.0 Å². The van der Waals surface area contributed by atoms with E-state index in [1.54, 1.807) is 20.9 Å².